The molecular weight excluding hydrogens is 393 g/mol. The molecule has 1 N–H and O–H groups in total. The number of aldehydes is 1. The smallest absolute Gasteiger partial charge is 0.426 e. The van der Waals surface area contributed by atoms with Gasteiger partial charge in [0.2, 0.25) is 5.60 Å². The van der Waals surface area contributed by atoms with Crippen molar-refractivity contribution in [2.75, 3.05) is 0 Å². The van der Waals surface area contributed by atoms with Gasteiger partial charge in [-0.3, -0.25) is 4.79 Å². The van der Waals surface area contributed by atoms with Gasteiger partial charge in [0.25, 0.3) is 0 Å². The van der Waals surface area contributed by atoms with Gasteiger partial charge in [-0.1, -0.05) is 41.9 Å². The summed E-state index contributed by atoms with van der Waals surface area (Å²) in [7, 11) is 0. The van der Waals surface area contributed by atoms with Crippen LogP contribution in [0, 0.1) is 0 Å². The van der Waals surface area contributed by atoms with E-state index in [1.54, 1.807) is 24.3 Å². The van der Waals surface area contributed by atoms with Gasteiger partial charge in [0.1, 0.15) is 11.5 Å². The van der Waals surface area contributed by atoms with Crippen molar-refractivity contribution in [2.24, 2.45) is 0 Å². The van der Waals surface area contributed by atoms with Gasteiger partial charge in [0.05, 0.1) is 5.57 Å². The van der Waals surface area contributed by atoms with Crippen LogP contribution in [0.2, 0.25) is 5.02 Å². The summed E-state index contributed by atoms with van der Waals surface area (Å²) in [5, 5.41) is 12.0. The summed E-state index contributed by atoms with van der Waals surface area (Å²) in [6, 6.07) is 15.0. The zero-order chi connectivity index (χ0) is 20.1. The standard InChI is InChI=1S/C21H12ClF3O3/c22-14-8-5-13(6-9-14)19-16(11-26)20(27,21(23,24)25)18-15-4-2-1-3-12(15)7-10-17(18)28-19/h1-11,27H/t20-/m0/s1. The minimum Gasteiger partial charge on any atom is -0.456 e. The van der Waals surface area contributed by atoms with Gasteiger partial charge in [0, 0.05) is 16.1 Å². The minimum absolute atomic E-state index is 0.0118. The Bertz CT molecular complexity index is 1120. The summed E-state index contributed by atoms with van der Waals surface area (Å²) in [5.41, 5.74) is -4.75. The molecule has 1 heterocycles. The lowest BCUT2D eigenvalue weighted by molar-refractivity contribution is -0.250. The number of halogens is 4. The number of ether oxygens (including phenoxy) is 1. The Morgan fingerprint density at radius 2 is 1.68 bits per heavy atom. The molecule has 0 saturated carbocycles. The van der Waals surface area contributed by atoms with Crippen molar-refractivity contribution in [3.8, 4) is 5.75 Å². The molecule has 0 radical (unpaired) electrons. The van der Waals surface area contributed by atoms with E-state index in [1.807, 2.05) is 0 Å². The molecule has 0 bridgehead atoms. The zero-order valence-corrected chi connectivity index (χ0v) is 14.9. The Labute approximate surface area is 162 Å². The molecular formula is C21H12ClF3O3. The van der Waals surface area contributed by atoms with E-state index in [4.69, 9.17) is 16.3 Å². The summed E-state index contributed by atoms with van der Waals surface area (Å²) in [6.45, 7) is 0. The molecule has 3 nitrogen and oxygen atoms in total. The van der Waals surface area contributed by atoms with E-state index in [2.05, 4.69) is 0 Å². The van der Waals surface area contributed by atoms with Crippen molar-refractivity contribution in [1.29, 1.82) is 0 Å². The molecule has 4 rings (SSSR count). The largest absolute Gasteiger partial charge is 0.456 e. The first-order valence-corrected chi connectivity index (χ1v) is 8.60. The van der Waals surface area contributed by atoms with Crippen molar-refractivity contribution in [2.45, 2.75) is 11.8 Å². The summed E-state index contributed by atoms with van der Waals surface area (Å²) < 4.78 is 48.3. The maximum absolute atomic E-state index is 14.2. The second kappa shape index (κ2) is 6.36. The number of hydrogen-bond donors (Lipinski definition) is 1. The lowest BCUT2D eigenvalue weighted by Gasteiger charge is -2.37. The van der Waals surface area contributed by atoms with Crippen molar-refractivity contribution in [3.63, 3.8) is 0 Å². The van der Waals surface area contributed by atoms with E-state index in [0.29, 0.717) is 10.4 Å². The maximum atomic E-state index is 14.2. The predicted octanol–water partition coefficient (Wildman–Crippen LogP) is 5.25. The third kappa shape index (κ3) is 2.60. The first kappa shape index (κ1) is 18.5. The highest BCUT2D eigenvalue weighted by Gasteiger charge is 2.62. The van der Waals surface area contributed by atoms with Crippen LogP contribution in [0.5, 0.6) is 5.75 Å². The number of carbonyl (C=O) groups is 1. The number of carbonyl (C=O) groups excluding carboxylic acids is 1. The third-order valence-electron chi connectivity index (χ3n) is 4.73. The highest BCUT2D eigenvalue weighted by atomic mass is 35.5. The number of rotatable bonds is 2. The van der Waals surface area contributed by atoms with Crippen LogP contribution < -0.4 is 4.74 Å². The van der Waals surface area contributed by atoms with E-state index < -0.39 is 22.9 Å². The molecule has 0 amide bonds. The van der Waals surface area contributed by atoms with Crippen LogP contribution in [0.1, 0.15) is 11.1 Å². The summed E-state index contributed by atoms with van der Waals surface area (Å²) in [6.07, 6.45) is -5.17. The van der Waals surface area contributed by atoms with Gasteiger partial charge in [-0.15, -0.1) is 0 Å². The molecule has 28 heavy (non-hydrogen) atoms. The molecule has 0 spiro atoms. The molecule has 0 unspecified atom stereocenters. The lowest BCUT2D eigenvalue weighted by atomic mass is 9.79. The van der Waals surface area contributed by atoms with E-state index in [9.17, 15) is 23.1 Å². The molecule has 1 aliphatic rings. The van der Waals surface area contributed by atoms with Gasteiger partial charge in [-0.05, 0) is 41.1 Å². The SMILES string of the molecule is O=CC1=C(c2ccc(Cl)cc2)Oc2ccc3ccccc3c2[C@]1(O)C(F)(F)F. The fraction of sp³-hybridized carbons (Fsp3) is 0.0952. The normalized spacial score (nSPS) is 19.3. The van der Waals surface area contributed by atoms with Gasteiger partial charge >= 0.3 is 6.18 Å². The molecule has 142 valence electrons. The number of aliphatic hydroxyl groups is 1. The number of fused-ring (bicyclic) bond motifs is 3. The van der Waals surface area contributed by atoms with Gasteiger partial charge in [0.15, 0.2) is 6.29 Å². The summed E-state index contributed by atoms with van der Waals surface area (Å²) >= 11 is 5.84. The molecule has 3 aromatic rings. The lowest BCUT2D eigenvalue weighted by Crippen LogP contribution is -2.47. The Morgan fingerprint density at radius 1 is 1.00 bits per heavy atom. The van der Waals surface area contributed by atoms with Crippen LogP contribution in [0.25, 0.3) is 16.5 Å². The van der Waals surface area contributed by atoms with Crippen LogP contribution in [-0.4, -0.2) is 17.6 Å². The minimum atomic E-state index is -5.16. The quantitative estimate of drug-likeness (QED) is 0.594. The molecule has 1 atom stereocenters. The molecule has 1 aliphatic heterocycles. The van der Waals surface area contributed by atoms with Crippen molar-refractivity contribution in [1.82, 2.24) is 0 Å². The fourth-order valence-corrected chi connectivity index (χ4v) is 3.55. The second-order valence-corrected chi connectivity index (χ2v) is 6.77. The molecule has 0 saturated heterocycles. The van der Waals surface area contributed by atoms with E-state index >= 15 is 0 Å². The molecule has 0 aromatic heterocycles. The first-order chi connectivity index (χ1) is 13.3. The number of alkyl halides is 3. The Morgan fingerprint density at radius 3 is 2.32 bits per heavy atom. The molecule has 3 aromatic carbocycles. The van der Waals surface area contributed by atoms with Crippen LogP contribution in [0.4, 0.5) is 13.2 Å². The fourth-order valence-electron chi connectivity index (χ4n) is 3.42. The average Bonchev–Trinajstić information content (AvgIpc) is 2.67. The van der Waals surface area contributed by atoms with Crippen LogP contribution >= 0.6 is 11.6 Å². The van der Waals surface area contributed by atoms with Gasteiger partial charge < -0.3 is 9.84 Å². The van der Waals surface area contributed by atoms with Crippen molar-refractivity contribution in [3.05, 3.63) is 82.4 Å². The van der Waals surface area contributed by atoms with Crippen LogP contribution in [-0.2, 0) is 10.4 Å². The topological polar surface area (TPSA) is 46.5 Å². The summed E-state index contributed by atoms with van der Waals surface area (Å²) in [4.78, 5) is 11.8. The number of hydrogen-bond acceptors (Lipinski definition) is 3. The van der Waals surface area contributed by atoms with E-state index in [1.165, 1.54) is 36.4 Å². The summed E-state index contributed by atoms with van der Waals surface area (Å²) in [5.74, 6) is -0.539. The predicted molar refractivity (Wildman–Crippen MR) is 99.0 cm³/mol. The Kier molecular flexibility index (Phi) is 4.21. The maximum Gasteiger partial charge on any atom is 0.426 e. The van der Waals surface area contributed by atoms with E-state index in [-0.39, 0.29) is 28.7 Å². The number of benzene rings is 3. The molecule has 7 heteroatoms. The van der Waals surface area contributed by atoms with Crippen molar-refractivity contribution >= 4 is 34.4 Å². The van der Waals surface area contributed by atoms with Crippen LogP contribution in [0.15, 0.2) is 66.2 Å². The highest BCUT2D eigenvalue weighted by molar-refractivity contribution is 6.30. The molecule has 0 fully saturated rings. The third-order valence-corrected chi connectivity index (χ3v) is 4.99. The Balaban J connectivity index is 2.10. The first-order valence-electron chi connectivity index (χ1n) is 8.22. The van der Waals surface area contributed by atoms with E-state index in [0.717, 1.165) is 0 Å². The second-order valence-electron chi connectivity index (χ2n) is 6.34. The van der Waals surface area contributed by atoms with Gasteiger partial charge in [-0.2, -0.15) is 13.2 Å². The van der Waals surface area contributed by atoms with Crippen molar-refractivity contribution < 1.29 is 27.8 Å². The highest BCUT2D eigenvalue weighted by Crippen LogP contribution is 2.54. The average molecular weight is 405 g/mol. The molecule has 0 aliphatic carbocycles. The zero-order valence-electron chi connectivity index (χ0n) is 14.1. The Hall–Kier alpha value is -2.83. The van der Waals surface area contributed by atoms with Gasteiger partial charge in [-0.25, -0.2) is 0 Å². The van der Waals surface area contributed by atoms with Crippen LogP contribution in [0.3, 0.4) is 0 Å². The monoisotopic (exact) mass is 404 g/mol.